The number of aryl methyl sites for hydroxylation is 1. The van der Waals surface area contributed by atoms with Crippen molar-refractivity contribution in [3.8, 4) is 0 Å². The summed E-state index contributed by atoms with van der Waals surface area (Å²) >= 11 is 0. The molecule has 110 valence electrons. The van der Waals surface area contributed by atoms with Crippen LogP contribution in [0.15, 0.2) is 28.8 Å². The zero-order chi connectivity index (χ0) is 14.8. The van der Waals surface area contributed by atoms with Crippen LogP contribution in [0.2, 0.25) is 0 Å². The summed E-state index contributed by atoms with van der Waals surface area (Å²) in [5, 5.41) is 6.96. The van der Waals surface area contributed by atoms with Crippen molar-refractivity contribution in [1.82, 2.24) is 10.1 Å². The highest BCUT2D eigenvalue weighted by Crippen LogP contribution is 2.30. The Labute approximate surface area is 123 Å². The maximum Gasteiger partial charge on any atom is 0.229 e. The summed E-state index contributed by atoms with van der Waals surface area (Å²) in [5.41, 5.74) is 1.81. The summed E-state index contributed by atoms with van der Waals surface area (Å²) in [6, 6.07) is 7.78. The molecule has 0 spiro atoms. The van der Waals surface area contributed by atoms with Crippen LogP contribution < -0.4 is 10.2 Å². The lowest BCUT2D eigenvalue weighted by molar-refractivity contribution is -0.119. The van der Waals surface area contributed by atoms with Crippen molar-refractivity contribution in [2.24, 2.45) is 5.92 Å². The quantitative estimate of drug-likeness (QED) is 0.936. The molecule has 1 aromatic heterocycles. The molecule has 2 aromatic rings. The summed E-state index contributed by atoms with van der Waals surface area (Å²) in [7, 11) is 0. The molecule has 0 saturated heterocycles. The second-order valence-corrected chi connectivity index (χ2v) is 5.25. The minimum atomic E-state index is -0.102. The molecule has 1 aromatic carbocycles. The van der Waals surface area contributed by atoms with E-state index in [2.05, 4.69) is 20.4 Å². The molecular formula is C15H18N4O2. The summed E-state index contributed by atoms with van der Waals surface area (Å²) in [4.78, 5) is 18.5. The van der Waals surface area contributed by atoms with Gasteiger partial charge < -0.3 is 14.7 Å². The van der Waals surface area contributed by atoms with E-state index in [1.54, 1.807) is 0 Å². The lowest BCUT2D eigenvalue weighted by atomic mass is 10.1. The van der Waals surface area contributed by atoms with Gasteiger partial charge in [-0.3, -0.25) is 4.79 Å². The lowest BCUT2D eigenvalue weighted by Crippen LogP contribution is -2.30. The predicted octanol–water partition coefficient (Wildman–Crippen LogP) is 2.23. The van der Waals surface area contributed by atoms with Crippen LogP contribution in [0, 0.1) is 5.92 Å². The largest absolute Gasteiger partial charge is 0.361 e. The maximum absolute atomic E-state index is 12.0. The first kappa shape index (κ1) is 13.6. The monoisotopic (exact) mass is 286 g/mol. The highest BCUT2D eigenvalue weighted by molar-refractivity contribution is 5.97. The third-order valence-electron chi connectivity index (χ3n) is 3.59. The minimum absolute atomic E-state index is 0.0345. The number of hydrogen-bond acceptors (Lipinski definition) is 5. The van der Waals surface area contributed by atoms with Crippen molar-refractivity contribution < 1.29 is 9.32 Å². The van der Waals surface area contributed by atoms with Crippen LogP contribution in [0.5, 0.6) is 0 Å². The van der Waals surface area contributed by atoms with Crippen LogP contribution >= 0.6 is 0 Å². The molecular weight excluding hydrogens is 268 g/mol. The number of carbonyl (C=O) groups is 1. The number of anilines is 2. The third-order valence-corrected chi connectivity index (χ3v) is 3.59. The highest BCUT2D eigenvalue weighted by atomic mass is 16.5. The molecule has 6 nitrogen and oxygen atoms in total. The van der Waals surface area contributed by atoms with Crippen molar-refractivity contribution in [3.05, 3.63) is 36.0 Å². The molecule has 1 aliphatic heterocycles. The average molecular weight is 286 g/mol. The molecule has 0 aliphatic carbocycles. The molecule has 3 rings (SSSR count). The van der Waals surface area contributed by atoms with E-state index in [1.165, 1.54) is 0 Å². The molecule has 1 atom stereocenters. The van der Waals surface area contributed by atoms with Crippen molar-refractivity contribution >= 4 is 17.3 Å². The molecule has 1 N–H and O–H groups in total. The average Bonchev–Trinajstić information content (AvgIpc) is 2.90. The van der Waals surface area contributed by atoms with E-state index in [0.29, 0.717) is 24.8 Å². The van der Waals surface area contributed by atoms with Gasteiger partial charge in [0.15, 0.2) is 5.82 Å². The van der Waals surface area contributed by atoms with Gasteiger partial charge in [-0.25, -0.2) is 0 Å². The first-order valence-electron chi connectivity index (χ1n) is 7.13. The van der Waals surface area contributed by atoms with Crippen LogP contribution in [-0.4, -0.2) is 22.6 Å². The van der Waals surface area contributed by atoms with Crippen LogP contribution in [0.4, 0.5) is 11.4 Å². The first-order chi connectivity index (χ1) is 10.2. The SMILES string of the molecule is CCc1nc(CN2CC(C)C(=O)Nc3ccccc32)no1. The number of nitrogens with one attached hydrogen (secondary N) is 1. The fourth-order valence-corrected chi connectivity index (χ4v) is 2.44. The molecule has 0 radical (unpaired) electrons. The van der Waals surface area contributed by atoms with Crippen molar-refractivity contribution in [2.45, 2.75) is 26.8 Å². The third kappa shape index (κ3) is 2.74. The Bertz CT molecular complexity index is 653. The van der Waals surface area contributed by atoms with Gasteiger partial charge in [0, 0.05) is 13.0 Å². The van der Waals surface area contributed by atoms with Gasteiger partial charge in [0.25, 0.3) is 0 Å². The molecule has 0 saturated carbocycles. The fourth-order valence-electron chi connectivity index (χ4n) is 2.44. The normalized spacial score (nSPS) is 18.1. The number of carbonyl (C=O) groups excluding carboxylic acids is 1. The van der Waals surface area contributed by atoms with Crippen LogP contribution in [-0.2, 0) is 17.8 Å². The molecule has 2 heterocycles. The number of rotatable bonds is 3. The molecule has 1 amide bonds. The standard InChI is InChI=1S/C15H18N4O2/c1-3-14-17-13(18-21-14)9-19-8-10(2)15(20)16-11-6-4-5-7-12(11)19/h4-7,10H,3,8-9H2,1-2H3,(H,16,20). The number of hydrogen-bond donors (Lipinski definition) is 1. The van der Waals surface area contributed by atoms with Crippen LogP contribution in [0.1, 0.15) is 25.6 Å². The van der Waals surface area contributed by atoms with Gasteiger partial charge in [-0.15, -0.1) is 0 Å². The Morgan fingerprint density at radius 3 is 3.00 bits per heavy atom. The zero-order valence-electron chi connectivity index (χ0n) is 12.2. The van der Waals surface area contributed by atoms with Gasteiger partial charge >= 0.3 is 0 Å². The zero-order valence-corrected chi connectivity index (χ0v) is 12.2. The van der Waals surface area contributed by atoms with Gasteiger partial charge in [-0.05, 0) is 12.1 Å². The van der Waals surface area contributed by atoms with E-state index in [9.17, 15) is 4.79 Å². The van der Waals surface area contributed by atoms with Crippen LogP contribution in [0.25, 0.3) is 0 Å². The Morgan fingerprint density at radius 1 is 1.43 bits per heavy atom. The lowest BCUT2D eigenvalue weighted by Gasteiger charge is -2.23. The smallest absolute Gasteiger partial charge is 0.229 e. The van der Waals surface area contributed by atoms with Gasteiger partial charge in [0.1, 0.15) is 0 Å². The molecule has 6 heteroatoms. The van der Waals surface area contributed by atoms with Crippen molar-refractivity contribution in [2.75, 3.05) is 16.8 Å². The molecule has 1 aliphatic rings. The van der Waals surface area contributed by atoms with Gasteiger partial charge in [0.2, 0.25) is 11.8 Å². The molecule has 21 heavy (non-hydrogen) atoms. The van der Waals surface area contributed by atoms with Gasteiger partial charge in [0.05, 0.1) is 23.8 Å². The van der Waals surface area contributed by atoms with Crippen molar-refractivity contribution in [1.29, 1.82) is 0 Å². The van der Waals surface area contributed by atoms with Crippen molar-refractivity contribution in [3.63, 3.8) is 0 Å². The number of aromatic nitrogens is 2. The number of para-hydroxylation sites is 2. The Hall–Kier alpha value is -2.37. The van der Waals surface area contributed by atoms with Crippen LogP contribution in [0.3, 0.4) is 0 Å². The number of benzene rings is 1. The Balaban J connectivity index is 1.90. The highest BCUT2D eigenvalue weighted by Gasteiger charge is 2.25. The molecule has 0 fully saturated rings. The second-order valence-electron chi connectivity index (χ2n) is 5.25. The molecule has 0 bridgehead atoms. The summed E-state index contributed by atoms with van der Waals surface area (Å²) in [5.74, 6) is 1.21. The number of fused-ring (bicyclic) bond motifs is 1. The summed E-state index contributed by atoms with van der Waals surface area (Å²) < 4.78 is 5.15. The van der Waals surface area contributed by atoms with E-state index in [4.69, 9.17) is 4.52 Å². The topological polar surface area (TPSA) is 71.3 Å². The van der Waals surface area contributed by atoms with Gasteiger partial charge in [-0.1, -0.05) is 31.1 Å². The van der Waals surface area contributed by atoms with E-state index >= 15 is 0 Å². The maximum atomic E-state index is 12.0. The van der Waals surface area contributed by atoms with E-state index in [0.717, 1.165) is 17.8 Å². The number of nitrogens with zero attached hydrogens (tertiary/aromatic N) is 3. The predicted molar refractivity (Wildman–Crippen MR) is 79.0 cm³/mol. The Morgan fingerprint density at radius 2 is 2.24 bits per heavy atom. The summed E-state index contributed by atoms with van der Waals surface area (Å²) in [6.07, 6.45) is 0.722. The first-order valence-corrected chi connectivity index (χ1v) is 7.13. The van der Waals surface area contributed by atoms with E-state index < -0.39 is 0 Å². The Kier molecular flexibility index (Phi) is 3.60. The fraction of sp³-hybridized carbons (Fsp3) is 0.400. The minimum Gasteiger partial charge on any atom is -0.361 e. The summed E-state index contributed by atoms with van der Waals surface area (Å²) in [6.45, 7) is 5.05. The van der Waals surface area contributed by atoms with E-state index in [1.807, 2.05) is 38.1 Å². The van der Waals surface area contributed by atoms with Gasteiger partial charge in [-0.2, -0.15) is 4.98 Å². The second kappa shape index (κ2) is 5.55. The molecule has 1 unspecified atom stereocenters. The van der Waals surface area contributed by atoms with E-state index in [-0.39, 0.29) is 11.8 Å². The number of amides is 1.